The van der Waals surface area contributed by atoms with E-state index >= 15 is 0 Å². The Labute approximate surface area is 134 Å². The maximum absolute atomic E-state index is 12.5. The van der Waals surface area contributed by atoms with Gasteiger partial charge in [0.2, 0.25) is 5.78 Å². The van der Waals surface area contributed by atoms with Gasteiger partial charge in [0.05, 0.1) is 10.5 Å². The van der Waals surface area contributed by atoms with Gasteiger partial charge < -0.3 is 4.52 Å². The molecule has 8 heteroatoms. The van der Waals surface area contributed by atoms with Gasteiger partial charge in [0, 0.05) is 35.7 Å². The quantitative estimate of drug-likeness (QED) is 0.402. The molecule has 8 nitrogen and oxygen atoms in total. The second kappa shape index (κ2) is 6.21. The lowest BCUT2D eigenvalue weighted by Crippen LogP contribution is -2.10. The molecule has 0 aliphatic heterocycles. The highest BCUT2D eigenvalue weighted by Crippen LogP contribution is 2.19. The molecule has 0 fully saturated rings. The van der Waals surface area contributed by atoms with Gasteiger partial charge in [-0.25, -0.2) is 0 Å². The van der Waals surface area contributed by atoms with E-state index in [-0.39, 0.29) is 22.5 Å². The van der Waals surface area contributed by atoms with E-state index in [0.29, 0.717) is 5.56 Å². The molecule has 3 rings (SSSR count). The molecule has 0 N–H and O–H groups in total. The number of carbonyl (C=O) groups is 2. The lowest BCUT2D eigenvalue weighted by Gasteiger charge is -2.01. The van der Waals surface area contributed by atoms with Gasteiger partial charge in [-0.2, -0.15) is 0 Å². The lowest BCUT2D eigenvalue weighted by atomic mass is 10.0. The Hall–Kier alpha value is -3.68. The van der Waals surface area contributed by atoms with Crippen molar-refractivity contribution in [3.63, 3.8) is 0 Å². The van der Waals surface area contributed by atoms with Crippen molar-refractivity contribution in [3.05, 3.63) is 87.6 Å². The number of hydrogen-bond donors (Lipinski definition) is 0. The Morgan fingerprint density at radius 2 is 1.79 bits per heavy atom. The molecule has 0 bridgehead atoms. The number of nitrogens with zero attached hydrogens (tertiary/aromatic N) is 3. The highest BCUT2D eigenvalue weighted by molar-refractivity contribution is 6.18. The summed E-state index contributed by atoms with van der Waals surface area (Å²) in [5, 5.41) is 14.3. The van der Waals surface area contributed by atoms with Crippen LogP contribution in [0.2, 0.25) is 0 Å². The molecule has 0 saturated heterocycles. The maximum atomic E-state index is 12.5. The predicted octanol–water partition coefficient (Wildman–Crippen LogP) is 2.44. The van der Waals surface area contributed by atoms with Gasteiger partial charge in [-0.1, -0.05) is 5.16 Å². The van der Waals surface area contributed by atoms with E-state index in [1.807, 2.05) is 0 Å². The minimum absolute atomic E-state index is 0.00588. The van der Waals surface area contributed by atoms with Crippen LogP contribution in [0.1, 0.15) is 32.0 Å². The van der Waals surface area contributed by atoms with Crippen LogP contribution in [0.3, 0.4) is 0 Å². The van der Waals surface area contributed by atoms with Crippen LogP contribution in [0.4, 0.5) is 5.69 Å². The summed E-state index contributed by atoms with van der Waals surface area (Å²) in [7, 11) is 0. The summed E-state index contributed by atoms with van der Waals surface area (Å²) in [6.45, 7) is 0. The zero-order valence-electron chi connectivity index (χ0n) is 12.1. The monoisotopic (exact) mass is 323 g/mol. The fourth-order valence-electron chi connectivity index (χ4n) is 2.09. The number of non-ortho nitro benzene ring substituents is 1. The first kappa shape index (κ1) is 15.2. The fourth-order valence-corrected chi connectivity index (χ4v) is 2.09. The number of ketones is 2. The van der Waals surface area contributed by atoms with E-state index in [9.17, 15) is 19.7 Å². The van der Waals surface area contributed by atoms with Crippen molar-refractivity contribution in [1.29, 1.82) is 0 Å². The van der Waals surface area contributed by atoms with Crippen LogP contribution in [0.5, 0.6) is 0 Å². The molecule has 1 aromatic carbocycles. The summed E-state index contributed by atoms with van der Waals surface area (Å²) in [5.74, 6) is -1.01. The highest BCUT2D eigenvalue weighted by Gasteiger charge is 2.24. The van der Waals surface area contributed by atoms with Crippen LogP contribution in [-0.4, -0.2) is 26.6 Å². The number of rotatable bonds is 5. The lowest BCUT2D eigenvalue weighted by molar-refractivity contribution is -0.384. The standard InChI is InChI=1S/C16H9N3O5/c20-15(11-2-1-7-17-8-11)13-9-24-18-14(13)16(21)10-3-5-12(6-4-10)19(22)23/h1-9H. The molecule has 0 atom stereocenters. The average molecular weight is 323 g/mol. The predicted molar refractivity (Wildman–Crippen MR) is 80.7 cm³/mol. The van der Waals surface area contributed by atoms with E-state index in [1.165, 1.54) is 36.7 Å². The summed E-state index contributed by atoms with van der Waals surface area (Å²) >= 11 is 0. The Balaban J connectivity index is 1.93. The molecule has 0 radical (unpaired) electrons. The topological polar surface area (TPSA) is 116 Å². The van der Waals surface area contributed by atoms with Crippen LogP contribution < -0.4 is 0 Å². The van der Waals surface area contributed by atoms with Gasteiger partial charge >= 0.3 is 0 Å². The molecule has 2 aromatic heterocycles. The number of carbonyl (C=O) groups excluding carboxylic acids is 2. The van der Waals surface area contributed by atoms with Crippen molar-refractivity contribution in [1.82, 2.24) is 10.1 Å². The fraction of sp³-hybridized carbons (Fsp3) is 0. The van der Waals surface area contributed by atoms with E-state index in [1.54, 1.807) is 12.1 Å². The van der Waals surface area contributed by atoms with Gasteiger partial charge in [0.1, 0.15) is 6.26 Å². The molecule has 2 heterocycles. The van der Waals surface area contributed by atoms with Gasteiger partial charge in [-0.3, -0.25) is 24.7 Å². The third-order valence-electron chi connectivity index (χ3n) is 3.29. The van der Waals surface area contributed by atoms with Crippen molar-refractivity contribution in [2.75, 3.05) is 0 Å². The summed E-state index contributed by atoms with van der Waals surface area (Å²) in [4.78, 5) is 38.9. The smallest absolute Gasteiger partial charge is 0.269 e. The van der Waals surface area contributed by atoms with E-state index in [2.05, 4.69) is 10.1 Å². The minimum atomic E-state index is -0.568. The zero-order chi connectivity index (χ0) is 17.1. The second-order valence-corrected chi connectivity index (χ2v) is 4.78. The SMILES string of the molecule is O=C(c1cccnc1)c1conc1C(=O)c1ccc([N+](=O)[O-])cc1. The maximum Gasteiger partial charge on any atom is 0.269 e. The van der Waals surface area contributed by atoms with Crippen molar-refractivity contribution in [3.8, 4) is 0 Å². The molecular formula is C16H9N3O5. The number of nitro groups is 1. The van der Waals surface area contributed by atoms with Crippen LogP contribution in [0, 0.1) is 10.1 Å². The molecule has 0 aliphatic carbocycles. The van der Waals surface area contributed by atoms with E-state index in [0.717, 1.165) is 6.26 Å². The molecule has 3 aromatic rings. The summed E-state index contributed by atoms with van der Waals surface area (Å²) in [5.41, 5.74) is 0.163. The van der Waals surface area contributed by atoms with Crippen LogP contribution >= 0.6 is 0 Å². The van der Waals surface area contributed by atoms with Gasteiger partial charge in [0.15, 0.2) is 11.5 Å². The third kappa shape index (κ3) is 2.80. The third-order valence-corrected chi connectivity index (χ3v) is 3.29. The Bertz CT molecular complexity index is 916. The Morgan fingerprint density at radius 1 is 1.04 bits per heavy atom. The van der Waals surface area contributed by atoms with Crippen molar-refractivity contribution in [2.24, 2.45) is 0 Å². The number of pyridine rings is 1. The first-order valence-corrected chi connectivity index (χ1v) is 6.76. The molecule has 0 aliphatic rings. The van der Waals surface area contributed by atoms with Gasteiger partial charge in [-0.05, 0) is 24.3 Å². The second-order valence-electron chi connectivity index (χ2n) is 4.78. The van der Waals surface area contributed by atoms with Crippen LogP contribution in [-0.2, 0) is 0 Å². The highest BCUT2D eigenvalue weighted by atomic mass is 16.6. The molecule has 0 spiro atoms. The van der Waals surface area contributed by atoms with Gasteiger partial charge in [-0.15, -0.1) is 0 Å². The first-order valence-electron chi connectivity index (χ1n) is 6.76. The number of hydrogen-bond acceptors (Lipinski definition) is 7. The minimum Gasteiger partial charge on any atom is -0.363 e. The zero-order valence-corrected chi connectivity index (χ0v) is 12.1. The summed E-state index contributed by atoms with van der Waals surface area (Å²) in [6.07, 6.45) is 3.98. The van der Waals surface area contributed by atoms with Gasteiger partial charge in [0.25, 0.3) is 5.69 Å². The molecule has 118 valence electrons. The Morgan fingerprint density at radius 3 is 2.42 bits per heavy atom. The largest absolute Gasteiger partial charge is 0.363 e. The molecule has 24 heavy (non-hydrogen) atoms. The number of benzene rings is 1. The summed E-state index contributed by atoms with van der Waals surface area (Å²) in [6, 6.07) is 8.16. The molecule has 0 unspecified atom stereocenters. The van der Waals surface area contributed by atoms with Crippen molar-refractivity contribution >= 4 is 17.3 Å². The van der Waals surface area contributed by atoms with E-state index < -0.39 is 16.5 Å². The van der Waals surface area contributed by atoms with Crippen molar-refractivity contribution in [2.45, 2.75) is 0 Å². The Kier molecular flexibility index (Phi) is 3.94. The summed E-state index contributed by atoms with van der Waals surface area (Å²) < 4.78 is 4.77. The normalized spacial score (nSPS) is 10.3. The molecular weight excluding hydrogens is 314 g/mol. The molecule has 0 saturated carbocycles. The molecule has 0 amide bonds. The number of aromatic nitrogens is 2. The van der Waals surface area contributed by atoms with Crippen LogP contribution in [0.15, 0.2) is 59.6 Å². The first-order chi connectivity index (χ1) is 11.6. The van der Waals surface area contributed by atoms with Crippen molar-refractivity contribution < 1.29 is 19.0 Å². The van der Waals surface area contributed by atoms with Crippen LogP contribution in [0.25, 0.3) is 0 Å². The van der Waals surface area contributed by atoms with E-state index in [4.69, 9.17) is 4.52 Å². The average Bonchev–Trinajstić information content (AvgIpc) is 3.11. The number of nitro benzene ring substituents is 1.